The first-order valence-electron chi connectivity index (χ1n) is 8.12. The first-order chi connectivity index (χ1) is 10.5. The van der Waals surface area contributed by atoms with Gasteiger partial charge in [-0.2, -0.15) is 0 Å². The van der Waals surface area contributed by atoms with Crippen molar-refractivity contribution in [2.45, 2.75) is 51.6 Å². The van der Waals surface area contributed by atoms with Gasteiger partial charge in [-0.05, 0) is 67.9 Å². The van der Waals surface area contributed by atoms with Gasteiger partial charge in [0, 0.05) is 6.42 Å². The lowest BCUT2D eigenvalue weighted by Crippen LogP contribution is -2.32. The number of methoxy groups -OCH3 is 1. The van der Waals surface area contributed by atoms with Crippen molar-refractivity contribution >= 4 is 11.4 Å². The maximum absolute atomic E-state index is 12.1. The summed E-state index contributed by atoms with van der Waals surface area (Å²) in [4.78, 5) is 12.1. The van der Waals surface area contributed by atoms with Crippen molar-refractivity contribution in [2.75, 3.05) is 7.11 Å². The zero-order chi connectivity index (χ0) is 15.7. The van der Waals surface area contributed by atoms with Crippen LogP contribution in [-0.2, 0) is 11.2 Å². The van der Waals surface area contributed by atoms with E-state index in [9.17, 15) is 9.90 Å². The molecule has 0 saturated heterocycles. The third-order valence-corrected chi connectivity index (χ3v) is 5.34. The van der Waals surface area contributed by atoms with Gasteiger partial charge in [-0.1, -0.05) is 12.1 Å². The Hall–Kier alpha value is -1.61. The van der Waals surface area contributed by atoms with Gasteiger partial charge in [0.1, 0.15) is 11.5 Å². The van der Waals surface area contributed by atoms with Crippen LogP contribution in [0, 0.1) is 5.41 Å². The minimum absolute atomic E-state index is 0.197. The molecular formula is C19H24O3. The van der Waals surface area contributed by atoms with Crippen LogP contribution in [0.2, 0.25) is 0 Å². The molecule has 0 radical (unpaired) electrons. The van der Waals surface area contributed by atoms with Gasteiger partial charge >= 0.3 is 0 Å². The Morgan fingerprint density at radius 2 is 2.18 bits per heavy atom. The molecule has 0 heterocycles. The predicted octanol–water partition coefficient (Wildman–Crippen LogP) is 3.54. The van der Waals surface area contributed by atoms with Gasteiger partial charge in [-0.25, -0.2) is 0 Å². The topological polar surface area (TPSA) is 46.5 Å². The number of aliphatic hydroxyl groups excluding tert-OH is 1. The Morgan fingerprint density at radius 3 is 2.86 bits per heavy atom. The van der Waals surface area contributed by atoms with Gasteiger partial charge in [-0.3, -0.25) is 4.79 Å². The summed E-state index contributed by atoms with van der Waals surface area (Å²) >= 11 is 0. The number of rotatable bonds is 3. The SMILES string of the molecule is COc1ccc2c(c1)CCC/C2=C\C[C@@]1(C)C(=O)CCC1O. The number of aliphatic hydroxyl groups is 1. The van der Waals surface area contributed by atoms with Gasteiger partial charge in [-0.15, -0.1) is 0 Å². The summed E-state index contributed by atoms with van der Waals surface area (Å²) in [5.41, 5.74) is 3.30. The fourth-order valence-corrected chi connectivity index (χ4v) is 3.68. The summed E-state index contributed by atoms with van der Waals surface area (Å²) in [5, 5.41) is 10.1. The van der Waals surface area contributed by atoms with Crippen LogP contribution in [0.3, 0.4) is 0 Å². The van der Waals surface area contributed by atoms with Crippen molar-refractivity contribution in [3.05, 3.63) is 35.4 Å². The van der Waals surface area contributed by atoms with Crippen molar-refractivity contribution < 1.29 is 14.6 Å². The number of fused-ring (bicyclic) bond motifs is 1. The second kappa shape index (κ2) is 5.88. The van der Waals surface area contributed by atoms with Crippen molar-refractivity contribution in [1.82, 2.24) is 0 Å². The maximum Gasteiger partial charge on any atom is 0.141 e. The molecular weight excluding hydrogens is 276 g/mol. The summed E-state index contributed by atoms with van der Waals surface area (Å²) < 4.78 is 5.30. The molecule has 0 aliphatic heterocycles. The number of hydrogen-bond acceptors (Lipinski definition) is 3. The first-order valence-corrected chi connectivity index (χ1v) is 8.12. The normalized spacial score (nSPS) is 29.7. The monoisotopic (exact) mass is 300 g/mol. The van der Waals surface area contributed by atoms with E-state index >= 15 is 0 Å². The molecule has 118 valence electrons. The average Bonchev–Trinajstić information content (AvgIpc) is 2.80. The molecule has 2 atom stereocenters. The van der Waals surface area contributed by atoms with Gasteiger partial charge in [0.2, 0.25) is 0 Å². The number of ketones is 1. The van der Waals surface area contributed by atoms with Crippen LogP contribution >= 0.6 is 0 Å². The number of hydrogen-bond donors (Lipinski definition) is 1. The van der Waals surface area contributed by atoms with E-state index in [0.717, 1.165) is 25.0 Å². The van der Waals surface area contributed by atoms with Crippen LogP contribution in [0.15, 0.2) is 24.3 Å². The Labute approximate surface area is 132 Å². The third kappa shape index (κ3) is 2.58. The highest BCUT2D eigenvalue weighted by atomic mass is 16.5. The second-order valence-corrected chi connectivity index (χ2v) is 6.71. The van der Waals surface area contributed by atoms with E-state index in [1.165, 1.54) is 16.7 Å². The van der Waals surface area contributed by atoms with Crippen molar-refractivity contribution in [3.8, 4) is 5.75 Å². The fourth-order valence-electron chi connectivity index (χ4n) is 3.68. The molecule has 22 heavy (non-hydrogen) atoms. The summed E-state index contributed by atoms with van der Waals surface area (Å²) in [6.45, 7) is 1.90. The van der Waals surface area contributed by atoms with Crippen LogP contribution in [-0.4, -0.2) is 24.1 Å². The highest BCUT2D eigenvalue weighted by Gasteiger charge is 2.44. The summed E-state index contributed by atoms with van der Waals surface area (Å²) in [6.07, 6.45) is 6.66. The molecule has 1 aromatic rings. The van der Waals surface area contributed by atoms with Crippen LogP contribution in [0.25, 0.3) is 5.57 Å². The van der Waals surface area contributed by atoms with E-state index in [2.05, 4.69) is 18.2 Å². The standard InChI is InChI=1S/C19H24O3/c1-19(17(20)8-9-18(19)21)11-10-13-4-3-5-14-12-15(22-2)6-7-16(13)14/h6-7,10,12,17,20H,3-5,8-9,11H2,1-2H3/b13-10+/t17?,19-/m1/s1. The quantitative estimate of drug-likeness (QED) is 0.929. The number of Topliss-reactive ketones (excluding diaryl/α,β-unsaturated/α-hetero) is 1. The molecule has 1 unspecified atom stereocenters. The summed E-state index contributed by atoms with van der Waals surface area (Å²) in [7, 11) is 1.69. The van der Waals surface area contributed by atoms with Crippen molar-refractivity contribution in [1.29, 1.82) is 0 Å². The predicted molar refractivity (Wildman–Crippen MR) is 86.9 cm³/mol. The van der Waals surface area contributed by atoms with E-state index in [-0.39, 0.29) is 5.78 Å². The number of carbonyl (C=O) groups excluding carboxylic acids is 1. The largest absolute Gasteiger partial charge is 0.497 e. The molecule has 1 N–H and O–H groups in total. The second-order valence-electron chi connectivity index (χ2n) is 6.71. The molecule has 1 saturated carbocycles. The van der Waals surface area contributed by atoms with Crippen LogP contribution < -0.4 is 4.74 Å². The van der Waals surface area contributed by atoms with E-state index < -0.39 is 11.5 Å². The molecule has 0 bridgehead atoms. The molecule has 3 heteroatoms. The molecule has 3 rings (SSSR count). The number of allylic oxidation sites excluding steroid dienone is 2. The first kappa shape index (κ1) is 15.3. The minimum atomic E-state index is -0.600. The van der Waals surface area contributed by atoms with E-state index in [0.29, 0.717) is 19.3 Å². The van der Waals surface area contributed by atoms with Gasteiger partial charge in [0.05, 0.1) is 18.6 Å². The summed E-state index contributed by atoms with van der Waals surface area (Å²) in [5.74, 6) is 1.09. The zero-order valence-corrected chi connectivity index (χ0v) is 13.4. The Kier molecular flexibility index (Phi) is 4.09. The Balaban J connectivity index is 1.86. The number of benzene rings is 1. The van der Waals surface area contributed by atoms with Crippen molar-refractivity contribution in [3.63, 3.8) is 0 Å². The lowest BCUT2D eigenvalue weighted by molar-refractivity contribution is -0.127. The molecule has 1 aromatic carbocycles. The van der Waals surface area contributed by atoms with Crippen molar-refractivity contribution in [2.24, 2.45) is 5.41 Å². The van der Waals surface area contributed by atoms with Gasteiger partial charge in [0.25, 0.3) is 0 Å². The minimum Gasteiger partial charge on any atom is -0.497 e. The zero-order valence-electron chi connectivity index (χ0n) is 13.4. The van der Waals surface area contributed by atoms with Gasteiger partial charge in [0.15, 0.2) is 0 Å². The lowest BCUT2D eigenvalue weighted by Gasteiger charge is -2.26. The highest BCUT2D eigenvalue weighted by Crippen LogP contribution is 2.40. The molecule has 2 aliphatic rings. The molecule has 0 aromatic heterocycles. The van der Waals surface area contributed by atoms with Crippen LogP contribution in [0.4, 0.5) is 0 Å². The maximum atomic E-state index is 12.1. The third-order valence-electron chi connectivity index (χ3n) is 5.34. The molecule has 1 fully saturated rings. The van der Waals surface area contributed by atoms with E-state index in [1.807, 2.05) is 13.0 Å². The molecule has 0 spiro atoms. The van der Waals surface area contributed by atoms with E-state index in [1.54, 1.807) is 7.11 Å². The van der Waals surface area contributed by atoms with E-state index in [4.69, 9.17) is 4.74 Å². The number of carbonyl (C=O) groups is 1. The Morgan fingerprint density at radius 1 is 1.36 bits per heavy atom. The molecule has 0 amide bonds. The lowest BCUT2D eigenvalue weighted by atomic mass is 9.79. The number of ether oxygens (including phenoxy) is 1. The van der Waals surface area contributed by atoms with Gasteiger partial charge < -0.3 is 9.84 Å². The number of aryl methyl sites for hydroxylation is 1. The average molecular weight is 300 g/mol. The van der Waals surface area contributed by atoms with Crippen LogP contribution in [0.1, 0.15) is 50.2 Å². The molecule has 3 nitrogen and oxygen atoms in total. The fraction of sp³-hybridized carbons (Fsp3) is 0.526. The molecule has 2 aliphatic carbocycles. The Bertz CT molecular complexity index is 617. The highest BCUT2D eigenvalue weighted by molar-refractivity contribution is 5.88. The smallest absolute Gasteiger partial charge is 0.141 e. The van der Waals surface area contributed by atoms with Crippen LogP contribution in [0.5, 0.6) is 5.75 Å². The summed E-state index contributed by atoms with van der Waals surface area (Å²) in [6, 6.07) is 6.23.